The van der Waals surface area contributed by atoms with Gasteiger partial charge in [-0.05, 0) is 6.07 Å². The molecule has 0 spiro atoms. The molecule has 0 fully saturated rings. The molecule has 0 unspecified atom stereocenters. The number of rotatable bonds is 0. The van der Waals surface area contributed by atoms with Crippen molar-refractivity contribution in [3.63, 3.8) is 0 Å². The summed E-state index contributed by atoms with van der Waals surface area (Å²) in [5, 5.41) is 16.9. The molecule has 1 aromatic heterocycles. The van der Waals surface area contributed by atoms with Gasteiger partial charge in [-0.1, -0.05) is 0 Å². The first-order chi connectivity index (χ1) is 9.11. The standard InChI is InChI=1S/C11H8N8/c12-2-4-1-5-6(7(4)13)9(15)19-11-10(16-3-17-11)18-8(5)14/h1,3H,13H2,(H4,14,15,16,17,18,19). The SMILES string of the molecule is N#Cc1cc2c(=N)nc3nc[nH]c3nc(N)c-2c1N. The van der Waals surface area contributed by atoms with Gasteiger partial charge in [0.25, 0.3) is 0 Å². The molecule has 0 aromatic carbocycles. The van der Waals surface area contributed by atoms with E-state index in [9.17, 15) is 0 Å². The highest BCUT2D eigenvalue weighted by Gasteiger charge is 2.18. The lowest BCUT2D eigenvalue weighted by Gasteiger charge is -2.01. The smallest absolute Gasteiger partial charge is 0.199 e. The Balaban J connectivity index is 2.60. The Kier molecular flexibility index (Phi) is 2.09. The highest BCUT2D eigenvalue weighted by Crippen LogP contribution is 2.34. The zero-order valence-corrected chi connectivity index (χ0v) is 9.60. The molecule has 2 heterocycles. The Hall–Kier alpha value is -3.21. The average Bonchev–Trinajstić information content (AvgIpc) is 2.92. The predicted molar refractivity (Wildman–Crippen MR) is 67.7 cm³/mol. The summed E-state index contributed by atoms with van der Waals surface area (Å²) in [5.41, 5.74) is 13.5. The molecule has 19 heavy (non-hydrogen) atoms. The number of nitrogen functional groups attached to an aromatic ring is 2. The summed E-state index contributed by atoms with van der Waals surface area (Å²) in [5.74, 6) is 0.124. The molecule has 3 rings (SSSR count). The normalized spacial score (nSPS) is 10.7. The van der Waals surface area contributed by atoms with Crippen LogP contribution in [-0.4, -0.2) is 19.9 Å². The maximum Gasteiger partial charge on any atom is 0.199 e. The van der Waals surface area contributed by atoms with E-state index in [-0.39, 0.29) is 28.2 Å². The summed E-state index contributed by atoms with van der Waals surface area (Å²) in [6, 6.07) is 3.43. The number of nitrogens with one attached hydrogen (secondary N) is 2. The predicted octanol–water partition coefficient (Wildman–Crippen LogP) is -0.0268. The average molecular weight is 252 g/mol. The van der Waals surface area contributed by atoms with Crippen molar-refractivity contribution >= 4 is 22.8 Å². The van der Waals surface area contributed by atoms with Crippen LogP contribution in [0.2, 0.25) is 0 Å². The Morgan fingerprint density at radius 3 is 2.84 bits per heavy atom. The molecular formula is C11H8N8. The van der Waals surface area contributed by atoms with Crippen LogP contribution < -0.4 is 17.0 Å². The Bertz CT molecular complexity index is 872. The van der Waals surface area contributed by atoms with E-state index in [1.807, 2.05) is 6.07 Å². The molecule has 1 aliphatic carbocycles. The zero-order valence-electron chi connectivity index (χ0n) is 9.60. The first-order valence-electron chi connectivity index (χ1n) is 5.29. The molecule has 8 heteroatoms. The fourth-order valence-corrected chi connectivity index (χ4v) is 1.92. The van der Waals surface area contributed by atoms with E-state index in [1.165, 1.54) is 12.4 Å². The lowest BCUT2D eigenvalue weighted by Crippen LogP contribution is -2.09. The van der Waals surface area contributed by atoms with E-state index in [1.54, 1.807) is 0 Å². The van der Waals surface area contributed by atoms with Gasteiger partial charge in [-0.3, -0.25) is 5.41 Å². The van der Waals surface area contributed by atoms with E-state index in [2.05, 4.69) is 19.9 Å². The monoisotopic (exact) mass is 252 g/mol. The summed E-state index contributed by atoms with van der Waals surface area (Å²) >= 11 is 0. The number of aromatic nitrogens is 4. The second-order valence-corrected chi connectivity index (χ2v) is 3.90. The highest BCUT2D eigenvalue weighted by atomic mass is 15.0. The number of hydrogen-bond donors (Lipinski definition) is 4. The van der Waals surface area contributed by atoms with Gasteiger partial charge >= 0.3 is 0 Å². The van der Waals surface area contributed by atoms with Crippen LogP contribution in [0.1, 0.15) is 5.56 Å². The summed E-state index contributed by atoms with van der Waals surface area (Å²) < 4.78 is 0. The number of nitriles is 1. The fourth-order valence-electron chi connectivity index (χ4n) is 1.92. The van der Waals surface area contributed by atoms with Crippen LogP contribution in [0.25, 0.3) is 22.4 Å². The maximum atomic E-state index is 8.98. The van der Waals surface area contributed by atoms with Crippen molar-refractivity contribution in [3.8, 4) is 17.2 Å². The van der Waals surface area contributed by atoms with E-state index >= 15 is 0 Å². The van der Waals surface area contributed by atoms with Gasteiger partial charge < -0.3 is 16.5 Å². The van der Waals surface area contributed by atoms with Crippen molar-refractivity contribution in [2.24, 2.45) is 0 Å². The number of anilines is 2. The number of aromatic amines is 1. The van der Waals surface area contributed by atoms with Crippen LogP contribution in [0.3, 0.4) is 0 Å². The molecule has 92 valence electrons. The van der Waals surface area contributed by atoms with Crippen LogP contribution >= 0.6 is 0 Å². The van der Waals surface area contributed by atoms with Crippen molar-refractivity contribution in [3.05, 3.63) is 23.4 Å². The molecule has 1 aliphatic heterocycles. The number of hydrogen-bond acceptors (Lipinski definition) is 7. The van der Waals surface area contributed by atoms with Crippen LogP contribution in [0.5, 0.6) is 0 Å². The summed E-state index contributed by atoms with van der Waals surface area (Å²) in [7, 11) is 0. The van der Waals surface area contributed by atoms with Crippen LogP contribution in [0.4, 0.5) is 11.5 Å². The minimum Gasteiger partial charge on any atom is -0.397 e. The minimum atomic E-state index is -0.0607. The molecule has 1 aromatic rings. The number of H-pyrrole nitrogens is 1. The summed E-state index contributed by atoms with van der Waals surface area (Å²) in [6.07, 6.45) is 1.41. The first kappa shape index (κ1) is 10.9. The molecule has 6 N–H and O–H groups in total. The third-order valence-corrected chi connectivity index (χ3v) is 2.80. The minimum absolute atomic E-state index is 0.0607. The topological polar surface area (TPSA) is 154 Å². The van der Waals surface area contributed by atoms with Crippen molar-refractivity contribution in [2.45, 2.75) is 0 Å². The van der Waals surface area contributed by atoms with Gasteiger partial charge in [-0.25, -0.2) is 15.0 Å². The summed E-state index contributed by atoms with van der Waals surface area (Å²) in [6.45, 7) is 0. The highest BCUT2D eigenvalue weighted by molar-refractivity contribution is 5.91. The number of imidazole rings is 1. The molecule has 8 nitrogen and oxygen atoms in total. The van der Waals surface area contributed by atoms with Crippen molar-refractivity contribution < 1.29 is 0 Å². The van der Waals surface area contributed by atoms with E-state index in [0.29, 0.717) is 16.8 Å². The second kappa shape index (κ2) is 3.64. The third-order valence-electron chi connectivity index (χ3n) is 2.80. The van der Waals surface area contributed by atoms with Crippen molar-refractivity contribution in [1.29, 1.82) is 10.7 Å². The van der Waals surface area contributed by atoms with Crippen molar-refractivity contribution in [1.82, 2.24) is 19.9 Å². The molecule has 0 bridgehead atoms. The lowest BCUT2D eigenvalue weighted by atomic mass is 10.2. The molecule has 0 saturated heterocycles. The first-order valence-corrected chi connectivity index (χ1v) is 5.29. The largest absolute Gasteiger partial charge is 0.397 e. The molecular weight excluding hydrogens is 244 g/mol. The maximum absolute atomic E-state index is 8.98. The number of fused-ring (bicyclic) bond motifs is 2. The van der Waals surface area contributed by atoms with Gasteiger partial charge in [0, 0.05) is 5.56 Å². The van der Waals surface area contributed by atoms with Gasteiger partial charge in [0.2, 0.25) is 0 Å². The number of nitrogens with two attached hydrogens (primary N) is 2. The molecule has 0 radical (unpaired) electrons. The van der Waals surface area contributed by atoms with Gasteiger partial charge in [0.15, 0.2) is 16.8 Å². The van der Waals surface area contributed by atoms with Crippen LogP contribution in [-0.2, 0) is 0 Å². The van der Waals surface area contributed by atoms with Crippen LogP contribution in [0, 0.1) is 16.7 Å². The van der Waals surface area contributed by atoms with E-state index in [4.69, 9.17) is 22.1 Å². The number of nitrogens with zero attached hydrogens (tertiary/aromatic N) is 4. The summed E-state index contributed by atoms with van der Waals surface area (Å²) in [4.78, 5) is 14.9. The Labute approximate surface area is 106 Å². The second-order valence-electron chi connectivity index (χ2n) is 3.90. The van der Waals surface area contributed by atoms with Gasteiger partial charge in [-0.15, -0.1) is 0 Å². The van der Waals surface area contributed by atoms with Gasteiger partial charge in [0.1, 0.15) is 11.9 Å². The quantitative estimate of drug-likeness (QED) is 0.440. The van der Waals surface area contributed by atoms with Gasteiger partial charge in [-0.2, -0.15) is 5.26 Å². The molecule has 0 atom stereocenters. The van der Waals surface area contributed by atoms with E-state index < -0.39 is 0 Å². The molecule has 2 aliphatic rings. The fraction of sp³-hybridized carbons (Fsp3) is 0. The molecule has 0 saturated carbocycles. The lowest BCUT2D eigenvalue weighted by molar-refractivity contribution is 1.12. The van der Waals surface area contributed by atoms with Crippen molar-refractivity contribution in [2.75, 3.05) is 11.5 Å². The van der Waals surface area contributed by atoms with Gasteiger partial charge in [0.05, 0.1) is 23.1 Å². The zero-order chi connectivity index (χ0) is 13.6. The Morgan fingerprint density at radius 2 is 2.11 bits per heavy atom. The Morgan fingerprint density at radius 1 is 1.32 bits per heavy atom. The third kappa shape index (κ3) is 1.45. The van der Waals surface area contributed by atoms with E-state index in [0.717, 1.165) is 0 Å². The van der Waals surface area contributed by atoms with Crippen LogP contribution in [0.15, 0.2) is 12.4 Å². The molecule has 0 amide bonds.